The van der Waals surface area contributed by atoms with E-state index < -0.39 is 0 Å². The molecule has 3 rings (SSSR count). The molecule has 1 aromatic heterocycles. The zero-order valence-electron chi connectivity index (χ0n) is 12.6. The van der Waals surface area contributed by atoms with Crippen LogP contribution in [0.25, 0.3) is 10.9 Å². The van der Waals surface area contributed by atoms with E-state index in [1.807, 2.05) is 22.9 Å². The Morgan fingerprint density at radius 3 is 2.91 bits per heavy atom. The molecule has 0 bridgehead atoms. The number of benzene rings is 1. The van der Waals surface area contributed by atoms with Gasteiger partial charge in [-0.25, -0.2) is 4.39 Å². The van der Waals surface area contributed by atoms with Crippen LogP contribution in [0.1, 0.15) is 5.69 Å². The van der Waals surface area contributed by atoms with Crippen molar-refractivity contribution in [3.63, 3.8) is 0 Å². The van der Waals surface area contributed by atoms with Gasteiger partial charge in [0, 0.05) is 36.2 Å². The lowest BCUT2D eigenvalue weighted by Crippen LogP contribution is -2.44. The number of hydrogen-bond acceptors (Lipinski definition) is 3. The Hall–Kier alpha value is -1.92. The summed E-state index contributed by atoms with van der Waals surface area (Å²) in [7, 11) is 1.91. The van der Waals surface area contributed by atoms with Gasteiger partial charge in [0.1, 0.15) is 5.82 Å². The Bertz CT molecular complexity index is 664. The number of rotatable bonds is 4. The van der Waals surface area contributed by atoms with E-state index in [0.29, 0.717) is 39.4 Å². The molecule has 6 heteroatoms. The number of nitrogens with one attached hydrogen (secondary N) is 1. The maximum Gasteiger partial charge on any atom is 0.236 e. The molecule has 1 saturated heterocycles. The largest absolute Gasteiger partial charge is 0.378 e. The summed E-state index contributed by atoms with van der Waals surface area (Å²) in [5.41, 5.74) is 1.88. The molecular formula is C16H20FN3O2. The number of ether oxygens (including phenoxy) is 1. The van der Waals surface area contributed by atoms with Crippen molar-refractivity contribution in [1.82, 2.24) is 14.8 Å². The van der Waals surface area contributed by atoms with Crippen molar-refractivity contribution in [2.75, 3.05) is 39.9 Å². The summed E-state index contributed by atoms with van der Waals surface area (Å²) < 4.78 is 18.5. The summed E-state index contributed by atoms with van der Waals surface area (Å²) in [5.74, 6) is -0.123. The van der Waals surface area contributed by atoms with Crippen molar-refractivity contribution in [3.05, 3.63) is 35.8 Å². The lowest BCUT2D eigenvalue weighted by atomic mass is 10.2. The Kier molecular flexibility index (Phi) is 4.40. The lowest BCUT2D eigenvalue weighted by molar-refractivity contribution is -0.136. The van der Waals surface area contributed by atoms with Crippen LogP contribution in [-0.2, 0) is 16.1 Å². The zero-order chi connectivity index (χ0) is 15.5. The molecular weight excluding hydrogens is 285 g/mol. The van der Waals surface area contributed by atoms with Crippen molar-refractivity contribution in [2.24, 2.45) is 0 Å². The number of fused-ring (bicyclic) bond motifs is 1. The highest BCUT2D eigenvalue weighted by molar-refractivity contribution is 5.80. The molecule has 0 atom stereocenters. The fourth-order valence-corrected chi connectivity index (χ4v) is 2.74. The second kappa shape index (κ2) is 6.46. The average molecular weight is 305 g/mol. The summed E-state index contributed by atoms with van der Waals surface area (Å²) in [6.07, 6.45) is 0. The first-order chi connectivity index (χ1) is 10.6. The minimum absolute atomic E-state index is 0.118. The number of aromatic nitrogens is 1. The first-order valence-corrected chi connectivity index (χ1v) is 7.43. The monoisotopic (exact) mass is 305 g/mol. The maximum absolute atomic E-state index is 13.2. The molecule has 2 heterocycles. The van der Waals surface area contributed by atoms with Gasteiger partial charge in [0.25, 0.3) is 0 Å². The van der Waals surface area contributed by atoms with Gasteiger partial charge in [-0.05, 0) is 31.3 Å². The van der Waals surface area contributed by atoms with Crippen LogP contribution in [0.4, 0.5) is 4.39 Å². The van der Waals surface area contributed by atoms with E-state index in [2.05, 4.69) is 4.98 Å². The highest BCUT2D eigenvalue weighted by atomic mass is 19.1. The molecule has 1 fully saturated rings. The predicted molar refractivity (Wildman–Crippen MR) is 82.0 cm³/mol. The van der Waals surface area contributed by atoms with Crippen LogP contribution in [-0.4, -0.2) is 60.6 Å². The van der Waals surface area contributed by atoms with Gasteiger partial charge in [-0.15, -0.1) is 0 Å². The minimum Gasteiger partial charge on any atom is -0.378 e. The molecule has 0 saturated carbocycles. The Balaban J connectivity index is 1.60. The SMILES string of the molecule is CN(CC(=O)N1CCOCC1)Cc1cc2cc(F)ccc2[nH]1. The van der Waals surface area contributed by atoms with E-state index >= 15 is 0 Å². The molecule has 1 N–H and O–H groups in total. The molecule has 0 spiro atoms. The predicted octanol–water partition coefficient (Wildman–Crippen LogP) is 1.60. The summed E-state index contributed by atoms with van der Waals surface area (Å²) in [4.78, 5) is 19.2. The van der Waals surface area contributed by atoms with Gasteiger partial charge in [-0.2, -0.15) is 0 Å². The van der Waals surface area contributed by atoms with E-state index in [9.17, 15) is 9.18 Å². The topological polar surface area (TPSA) is 48.6 Å². The first-order valence-electron chi connectivity index (χ1n) is 7.43. The van der Waals surface area contributed by atoms with Crippen molar-refractivity contribution in [3.8, 4) is 0 Å². The number of hydrogen-bond donors (Lipinski definition) is 1. The lowest BCUT2D eigenvalue weighted by Gasteiger charge is -2.28. The van der Waals surface area contributed by atoms with E-state index in [1.54, 1.807) is 6.07 Å². The average Bonchev–Trinajstić information content (AvgIpc) is 2.89. The summed E-state index contributed by atoms with van der Waals surface area (Å²) in [6.45, 7) is 3.54. The third-order valence-corrected chi connectivity index (χ3v) is 3.85. The molecule has 1 aliphatic heterocycles. The number of likely N-dealkylation sites (N-methyl/N-ethyl adjacent to an activating group) is 1. The molecule has 0 unspecified atom stereocenters. The second-order valence-corrected chi connectivity index (χ2v) is 5.69. The third kappa shape index (κ3) is 3.45. The number of nitrogens with zero attached hydrogens (tertiary/aromatic N) is 2. The van der Waals surface area contributed by atoms with Gasteiger partial charge in [-0.3, -0.25) is 9.69 Å². The van der Waals surface area contributed by atoms with Crippen molar-refractivity contribution < 1.29 is 13.9 Å². The van der Waals surface area contributed by atoms with E-state index in [0.717, 1.165) is 16.6 Å². The normalized spacial score (nSPS) is 15.7. The molecule has 2 aromatic rings. The standard InChI is InChI=1S/C16H20FN3O2/c1-19(11-16(21)20-4-6-22-7-5-20)10-14-9-12-8-13(17)2-3-15(12)18-14/h2-3,8-9,18H,4-7,10-11H2,1H3. The fourth-order valence-electron chi connectivity index (χ4n) is 2.74. The number of aromatic amines is 1. The van der Waals surface area contributed by atoms with Crippen molar-refractivity contribution >= 4 is 16.8 Å². The Labute approximate surface area is 128 Å². The van der Waals surface area contributed by atoms with E-state index in [4.69, 9.17) is 4.74 Å². The number of halogens is 1. The van der Waals surface area contributed by atoms with Crippen LogP contribution in [0.5, 0.6) is 0 Å². The molecule has 1 aliphatic rings. The quantitative estimate of drug-likeness (QED) is 0.933. The molecule has 5 nitrogen and oxygen atoms in total. The first kappa shape index (κ1) is 15.0. The number of morpholine rings is 1. The van der Waals surface area contributed by atoms with Crippen LogP contribution in [0.2, 0.25) is 0 Å². The molecule has 118 valence electrons. The number of carbonyl (C=O) groups is 1. The van der Waals surface area contributed by atoms with E-state index in [1.165, 1.54) is 12.1 Å². The van der Waals surface area contributed by atoms with Gasteiger partial charge in [0.2, 0.25) is 5.91 Å². The van der Waals surface area contributed by atoms with Crippen LogP contribution in [0.3, 0.4) is 0 Å². The van der Waals surface area contributed by atoms with Gasteiger partial charge >= 0.3 is 0 Å². The molecule has 1 amide bonds. The van der Waals surface area contributed by atoms with Crippen LogP contribution >= 0.6 is 0 Å². The van der Waals surface area contributed by atoms with E-state index in [-0.39, 0.29) is 11.7 Å². The molecule has 22 heavy (non-hydrogen) atoms. The third-order valence-electron chi connectivity index (χ3n) is 3.85. The van der Waals surface area contributed by atoms with Gasteiger partial charge in [-0.1, -0.05) is 0 Å². The van der Waals surface area contributed by atoms with Crippen LogP contribution < -0.4 is 0 Å². The Morgan fingerprint density at radius 2 is 2.14 bits per heavy atom. The second-order valence-electron chi connectivity index (χ2n) is 5.69. The van der Waals surface area contributed by atoms with Crippen LogP contribution in [0.15, 0.2) is 24.3 Å². The van der Waals surface area contributed by atoms with Crippen LogP contribution in [0, 0.1) is 5.82 Å². The number of H-pyrrole nitrogens is 1. The van der Waals surface area contributed by atoms with Crippen molar-refractivity contribution in [1.29, 1.82) is 0 Å². The minimum atomic E-state index is -0.242. The summed E-state index contributed by atoms with van der Waals surface area (Å²) in [5, 5.41) is 0.850. The Morgan fingerprint density at radius 1 is 1.36 bits per heavy atom. The summed E-state index contributed by atoms with van der Waals surface area (Å²) >= 11 is 0. The molecule has 0 aliphatic carbocycles. The highest BCUT2D eigenvalue weighted by Crippen LogP contribution is 2.17. The van der Waals surface area contributed by atoms with Gasteiger partial charge < -0.3 is 14.6 Å². The van der Waals surface area contributed by atoms with Gasteiger partial charge in [0.15, 0.2) is 0 Å². The highest BCUT2D eigenvalue weighted by Gasteiger charge is 2.18. The summed E-state index contributed by atoms with van der Waals surface area (Å²) in [6, 6.07) is 6.60. The zero-order valence-corrected chi connectivity index (χ0v) is 12.6. The smallest absolute Gasteiger partial charge is 0.236 e. The van der Waals surface area contributed by atoms with Gasteiger partial charge in [0.05, 0.1) is 19.8 Å². The van der Waals surface area contributed by atoms with Crippen molar-refractivity contribution in [2.45, 2.75) is 6.54 Å². The maximum atomic E-state index is 13.2. The fraction of sp³-hybridized carbons (Fsp3) is 0.438. The number of amides is 1. The molecule has 0 radical (unpaired) electrons. The number of carbonyl (C=O) groups excluding carboxylic acids is 1. The molecule has 1 aromatic carbocycles.